The predicted octanol–water partition coefficient (Wildman–Crippen LogP) is 2.97. The van der Waals surface area contributed by atoms with E-state index in [0.29, 0.717) is 22.0 Å². The summed E-state index contributed by atoms with van der Waals surface area (Å²) in [5.74, 6) is 0.677. The maximum atomic E-state index is 12.5. The lowest BCUT2D eigenvalue weighted by Crippen LogP contribution is -2.10. The van der Waals surface area contributed by atoms with E-state index in [0.717, 1.165) is 0 Å². The monoisotopic (exact) mass is 319 g/mol. The van der Waals surface area contributed by atoms with E-state index >= 15 is 0 Å². The average Bonchev–Trinajstić information content (AvgIpc) is 2.48. The van der Waals surface area contributed by atoms with Crippen LogP contribution in [-0.2, 0) is 9.73 Å². The molecule has 0 aliphatic heterocycles. The maximum Gasteiger partial charge on any atom is 0.353 e. The Kier molecular flexibility index (Phi) is 4.67. The van der Waals surface area contributed by atoms with Crippen LogP contribution < -0.4 is 15.8 Å². The number of carbonyl (C=O) groups is 1. The summed E-state index contributed by atoms with van der Waals surface area (Å²) in [6, 6.07) is 12.5. The summed E-state index contributed by atoms with van der Waals surface area (Å²) in [5.41, 5.74) is 6.68. The molecule has 2 aromatic rings. The Labute approximate surface area is 129 Å². The van der Waals surface area contributed by atoms with Gasteiger partial charge in [0.25, 0.3) is 0 Å². The van der Waals surface area contributed by atoms with Crippen LogP contribution in [-0.4, -0.2) is 23.6 Å². The van der Waals surface area contributed by atoms with Crippen molar-refractivity contribution in [1.29, 1.82) is 0 Å². The number of hydrogen-bond donors (Lipinski definition) is 2. The van der Waals surface area contributed by atoms with Crippen LogP contribution in [0.15, 0.2) is 57.8 Å². The molecule has 116 valence electrons. The summed E-state index contributed by atoms with van der Waals surface area (Å²) in [6.07, 6.45) is 1.41. The number of amides is 2. The quantitative estimate of drug-likeness (QED) is 0.850. The summed E-state index contributed by atoms with van der Waals surface area (Å²) < 4.78 is 21.3. The van der Waals surface area contributed by atoms with Crippen molar-refractivity contribution in [2.24, 2.45) is 4.36 Å². The van der Waals surface area contributed by atoms with Gasteiger partial charge >= 0.3 is 6.03 Å². The smallest absolute Gasteiger partial charge is 0.353 e. The van der Waals surface area contributed by atoms with Crippen molar-refractivity contribution in [3.8, 4) is 5.75 Å². The highest BCUT2D eigenvalue weighted by atomic mass is 32.2. The van der Waals surface area contributed by atoms with Crippen LogP contribution in [0.25, 0.3) is 0 Å². The Morgan fingerprint density at radius 2 is 1.73 bits per heavy atom. The van der Waals surface area contributed by atoms with E-state index in [2.05, 4.69) is 9.68 Å². The van der Waals surface area contributed by atoms with Gasteiger partial charge in [0.1, 0.15) is 5.75 Å². The van der Waals surface area contributed by atoms with Crippen LogP contribution in [0.3, 0.4) is 0 Å². The largest absolute Gasteiger partial charge is 0.497 e. The van der Waals surface area contributed by atoms with Crippen molar-refractivity contribution < 1.29 is 13.7 Å². The highest BCUT2D eigenvalue weighted by Gasteiger charge is 2.09. The first kappa shape index (κ1) is 15.8. The molecular formula is C15H17N3O3S. The molecule has 0 heterocycles. The summed E-state index contributed by atoms with van der Waals surface area (Å²) in [4.78, 5) is 12.4. The number of nitrogens with two attached hydrogens (primary N) is 1. The number of nitrogens with zero attached hydrogens (tertiary/aromatic N) is 1. The SMILES string of the molecule is COc1ccc(NC(=O)N=S(C)(=O)c2ccc(N)cc2)cc1. The molecule has 1 unspecified atom stereocenters. The number of ether oxygens (including phenoxy) is 1. The molecule has 3 N–H and O–H groups in total. The fraction of sp³-hybridized carbons (Fsp3) is 0.133. The van der Waals surface area contributed by atoms with E-state index < -0.39 is 15.8 Å². The van der Waals surface area contributed by atoms with E-state index in [1.165, 1.54) is 6.26 Å². The molecule has 0 aliphatic carbocycles. The fourth-order valence-electron chi connectivity index (χ4n) is 1.75. The number of nitrogens with one attached hydrogen (secondary N) is 1. The first-order valence-corrected chi connectivity index (χ1v) is 8.36. The second kappa shape index (κ2) is 6.48. The Bertz CT molecular complexity index is 777. The fourth-order valence-corrected chi connectivity index (χ4v) is 2.86. The van der Waals surface area contributed by atoms with Gasteiger partial charge in [-0.2, -0.15) is 0 Å². The van der Waals surface area contributed by atoms with Crippen molar-refractivity contribution in [2.75, 3.05) is 24.4 Å². The second-order valence-corrected chi connectivity index (χ2v) is 6.88. The second-order valence-electron chi connectivity index (χ2n) is 4.62. The van der Waals surface area contributed by atoms with Crippen molar-refractivity contribution >= 4 is 27.1 Å². The number of nitrogen functional groups attached to an aromatic ring is 1. The molecular weight excluding hydrogens is 302 g/mol. The Balaban J connectivity index is 2.17. The number of benzene rings is 2. The minimum absolute atomic E-state index is 0.451. The third-order valence-electron chi connectivity index (χ3n) is 2.92. The minimum atomic E-state index is -2.83. The van der Waals surface area contributed by atoms with Crippen LogP contribution in [0.2, 0.25) is 0 Å². The zero-order valence-electron chi connectivity index (χ0n) is 12.3. The third-order valence-corrected chi connectivity index (χ3v) is 4.58. The lowest BCUT2D eigenvalue weighted by atomic mass is 10.3. The van der Waals surface area contributed by atoms with Crippen LogP contribution in [0.1, 0.15) is 0 Å². The molecule has 0 saturated carbocycles. The number of methoxy groups -OCH3 is 1. The van der Waals surface area contributed by atoms with Crippen LogP contribution in [0, 0.1) is 0 Å². The molecule has 1 atom stereocenters. The molecule has 6 nitrogen and oxygen atoms in total. The standard InChI is InChI=1S/C15H17N3O3S/c1-21-13-7-5-12(6-8-13)17-15(19)18-22(2,20)14-9-3-11(16)4-10-14/h3-10H,16H2,1-2H3,(H,17,19). The van der Waals surface area contributed by atoms with E-state index in [4.69, 9.17) is 10.5 Å². The van der Waals surface area contributed by atoms with Gasteiger partial charge in [-0.05, 0) is 48.5 Å². The van der Waals surface area contributed by atoms with Gasteiger partial charge in [0.15, 0.2) is 0 Å². The lowest BCUT2D eigenvalue weighted by molar-refractivity contribution is 0.260. The normalized spacial score (nSPS) is 13.0. The van der Waals surface area contributed by atoms with Gasteiger partial charge in [-0.25, -0.2) is 9.00 Å². The van der Waals surface area contributed by atoms with E-state index in [1.807, 2.05) is 0 Å². The number of anilines is 2. The molecule has 22 heavy (non-hydrogen) atoms. The summed E-state index contributed by atoms with van der Waals surface area (Å²) in [6.45, 7) is 0. The third kappa shape index (κ3) is 3.98. The molecule has 0 aromatic heterocycles. The van der Waals surface area contributed by atoms with Gasteiger partial charge in [0.2, 0.25) is 0 Å². The summed E-state index contributed by atoms with van der Waals surface area (Å²) >= 11 is 0. The molecule has 0 radical (unpaired) electrons. The van der Waals surface area contributed by atoms with Crippen molar-refractivity contribution in [3.05, 3.63) is 48.5 Å². The van der Waals surface area contributed by atoms with Crippen molar-refractivity contribution in [2.45, 2.75) is 4.90 Å². The van der Waals surface area contributed by atoms with E-state index in [1.54, 1.807) is 55.6 Å². The van der Waals surface area contributed by atoms with Crippen LogP contribution in [0.5, 0.6) is 5.75 Å². The van der Waals surface area contributed by atoms with E-state index in [9.17, 15) is 9.00 Å². The first-order valence-electron chi connectivity index (χ1n) is 6.43. The Morgan fingerprint density at radius 3 is 2.27 bits per heavy atom. The number of urea groups is 1. The molecule has 0 saturated heterocycles. The Morgan fingerprint density at radius 1 is 1.14 bits per heavy atom. The molecule has 2 rings (SSSR count). The zero-order valence-corrected chi connectivity index (χ0v) is 13.1. The number of rotatable bonds is 3. The summed E-state index contributed by atoms with van der Waals surface area (Å²) in [7, 11) is -1.27. The van der Waals surface area contributed by atoms with Gasteiger partial charge in [0, 0.05) is 22.5 Å². The van der Waals surface area contributed by atoms with Gasteiger partial charge < -0.3 is 15.8 Å². The lowest BCUT2D eigenvalue weighted by Gasteiger charge is -2.06. The highest BCUT2D eigenvalue weighted by molar-refractivity contribution is 7.93. The minimum Gasteiger partial charge on any atom is -0.497 e. The molecule has 0 bridgehead atoms. The van der Waals surface area contributed by atoms with Crippen LogP contribution >= 0.6 is 0 Å². The topological polar surface area (TPSA) is 93.8 Å². The average molecular weight is 319 g/mol. The molecule has 7 heteroatoms. The van der Waals surface area contributed by atoms with E-state index in [-0.39, 0.29) is 0 Å². The van der Waals surface area contributed by atoms with Crippen molar-refractivity contribution in [1.82, 2.24) is 0 Å². The van der Waals surface area contributed by atoms with Crippen molar-refractivity contribution in [3.63, 3.8) is 0 Å². The van der Waals surface area contributed by atoms with Crippen LogP contribution in [0.4, 0.5) is 16.2 Å². The van der Waals surface area contributed by atoms with Gasteiger partial charge in [0.05, 0.1) is 16.8 Å². The molecule has 0 aliphatic rings. The molecule has 0 fully saturated rings. The number of hydrogen-bond acceptors (Lipinski definition) is 4. The Hall–Kier alpha value is -2.54. The summed E-state index contributed by atoms with van der Waals surface area (Å²) in [5, 5.41) is 2.57. The van der Waals surface area contributed by atoms with Gasteiger partial charge in [-0.1, -0.05) is 0 Å². The predicted molar refractivity (Wildman–Crippen MR) is 87.6 cm³/mol. The highest BCUT2D eigenvalue weighted by Crippen LogP contribution is 2.17. The molecule has 2 amide bonds. The molecule has 2 aromatic carbocycles. The van der Waals surface area contributed by atoms with Gasteiger partial charge in [-0.3, -0.25) is 0 Å². The first-order chi connectivity index (χ1) is 10.4. The maximum absolute atomic E-state index is 12.5. The van der Waals surface area contributed by atoms with Gasteiger partial charge in [-0.15, -0.1) is 4.36 Å². The molecule has 0 spiro atoms. The number of carbonyl (C=O) groups excluding carboxylic acids is 1. The zero-order chi connectivity index (χ0) is 16.2.